The fourth-order valence-corrected chi connectivity index (χ4v) is 3.15. The van der Waals surface area contributed by atoms with E-state index in [4.69, 9.17) is 4.74 Å². The highest BCUT2D eigenvalue weighted by atomic mass is 127. The Kier molecular flexibility index (Phi) is 10.1. The van der Waals surface area contributed by atoms with Crippen LogP contribution in [0, 0.1) is 0 Å². The molecule has 2 rings (SSSR count). The third-order valence-corrected chi connectivity index (χ3v) is 4.65. The third-order valence-electron chi connectivity index (χ3n) is 3.82. The number of nitrogens with zero attached hydrogens (tertiary/aromatic N) is 3. The summed E-state index contributed by atoms with van der Waals surface area (Å²) in [4.78, 5) is 21.9. The molecule has 0 spiro atoms. The summed E-state index contributed by atoms with van der Waals surface area (Å²) in [5.74, 6) is 0.455. The smallest absolute Gasteiger partial charge is 0.434 e. The van der Waals surface area contributed by atoms with Crippen LogP contribution in [0.4, 0.5) is 18.0 Å². The number of alkyl halides is 3. The van der Waals surface area contributed by atoms with E-state index in [1.54, 1.807) is 4.90 Å². The van der Waals surface area contributed by atoms with E-state index in [1.807, 2.05) is 27.7 Å². The molecule has 0 unspecified atom stereocenters. The molecule has 0 aromatic carbocycles. The molecule has 2 N–H and O–H groups in total. The Morgan fingerprint density at radius 1 is 1.33 bits per heavy atom. The van der Waals surface area contributed by atoms with Crippen LogP contribution in [0.25, 0.3) is 0 Å². The van der Waals surface area contributed by atoms with Crippen molar-refractivity contribution in [2.24, 2.45) is 4.99 Å². The molecular weight excluding hydrogens is 534 g/mol. The van der Waals surface area contributed by atoms with Crippen LogP contribution in [0.15, 0.2) is 10.4 Å². The fourth-order valence-electron chi connectivity index (χ4n) is 2.43. The minimum Gasteiger partial charge on any atom is -0.444 e. The Morgan fingerprint density at radius 2 is 2.00 bits per heavy atom. The molecule has 12 heteroatoms. The Labute approximate surface area is 195 Å². The first-order valence-electron chi connectivity index (χ1n) is 9.53. The SMILES string of the molecule is CCNC(=NCc1nc(C(F)(F)F)cs1)NCCN(C(=O)OC(C)(C)C)C1CC1.I. The van der Waals surface area contributed by atoms with Crippen LogP contribution in [0.5, 0.6) is 0 Å². The molecule has 172 valence electrons. The summed E-state index contributed by atoms with van der Waals surface area (Å²) in [6, 6.07) is 0.197. The number of carbonyl (C=O) groups excluding carboxylic acids is 1. The Balaban J connectivity index is 0.00000450. The molecule has 0 saturated heterocycles. The topological polar surface area (TPSA) is 78.9 Å². The monoisotopic (exact) mass is 563 g/mol. The second kappa shape index (κ2) is 11.3. The predicted molar refractivity (Wildman–Crippen MR) is 121 cm³/mol. The molecule has 1 aliphatic carbocycles. The van der Waals surface area contributed by atoms with Crippen LogP contribution in [-0.2, 0) is 17.5 Å². The van der Waals surface area contributed by atoms with Crippen LogP contribution < -0.4 is 10.6 Å². The van der Waals surface area contributed by atoms with Crippen LogP contribution in [0.3, 0.4) is 0 Å². The number of hydrogen-bond donors (Lipinski definition) is 2. The van der Waals surface area contributed by atoms with Crippen LogP contribution in [-0.4, -0.2) is 53.2 Å². The van der Waals surface area contributed by atoms with Gasteiger partial charge in [0.2, 0.25) is 0 Å². The van der Waals surface area contributed by atoms with Crippen molar-refractivity contribution in [3.8, 4) is 0 Å². The quantitative estimate of drug-likeness (QED) is 0.295. The number of rotatable bonds is 7. The number of carbonyl (C=O) groups is 1. The summed E-state index contributed by atoms with van der Waals surface area (Å²) >= 11 is 0.923. The van der Waals surface area contributed by atoms with Crippen molar-refractivity contribution in [2.45, 2.75) is 64.9 Å². The van der Waals surface area contributed by atoms with Gasteiger partial charge in [-0.2, -0.15) is 13.2 Å². The highest BCUT2D eigenvalue weighted by Crippen LogP contribution is 2.30. The molecule has 1 fully saturated rings. The maximum atomic E-state index is 12.6. The lowest BCUT2D eigenvalue weighted by molar-refractivity contribution is -0.140. The number of ether oxygens (including phenoxy) is 1. The van der Waals surface area contributed by atoms with Crippen LogP contribution in [0.2, 0.25) is 0 Å². The minimum absolute atomic E-state index is 0. The van der Waals surface area contributed by atoms with Crippen molar-refractivity contribution in [1.29, 1.82) is 0 Å². The summed E-state index contributed by atoms with van der Waals surface area (Å²) in [5, 5.41) is 7.40. The fraction of sp³-hybridized carbons (Fsp3) is 0.722. The van der Waals surface area contributed by atoms with Gasteiger partial charge in [0.25, 0.3) is 0 Å². The molecule has 1 aliphatic rings. The zero-order valence-electron chi connectivity index (χ0n) is 17.5. The van der Waals surface area contributed by atoms with E-state index in [0.29, 0.717) is 25.6 Å². The molecular formula is C18H29F3IN5O2S. The van der Waals surface area contributed by atoms with E-state index in [9.17, 15) is 18.0 Å². The summed E-state index contributed by atoms with van der Waals surface area (Å²) in [6.45, 7) is 8.88. The highest BCUT2D eigenvalue weighted by molar-refractivity contribution is 14.0. The number of aliphatic imine (C=N–C) groups is 1. The molecule has 0 aliphatic heterocycles. The molecule has 1 aromatic rings. The van der Waals surface area contributed by atoms with E-state index < -0.39 is 17.5 Å². The Morgan fingerprint density at radius 3 is 2.50 bits per heavy atom. The number of guanidine groups is 1. The zero-order chi connectivity index (χ0) is 21.7. The summed E-state index contributed by atoms with van der Waals surface area (Å²) in [6.07, 6.45) is -2.88. The van der Waals surface area contributed by atoms with Gasteiger partial charge in [0.1, 0.15) is 10.6 Å². The van der Waals surface area contributed by atoms with Gasteiger partial charge in [0.05, 0.1) is 6.54 Å². The predicted octanol–water partition coefficient (Wildman–Crippen LogP) is 4.23. The number of halogens is 4. The van der Waals surface area contributed by atoms with Gasteiger partial charge in [-0.05, 0) is 40.5 Å². The standard InChI is InChI=1S/C18H28F3N5O2S.HI/c1-5-22-15(24-10-14-25-13(11-29-14)18(19,20)21)23-8-9-26(12-6-7-12)16(27)28-17(2,3)4;/h11-12H,5-10H2,1-4H3,(H2,22,23,24);1H. The van der Waals surface area contributed by atoms with Gasteiger partial charge in [-0.25, -0.2) is 14.8 Å². The van der Waals surface area contributed by atoms with Crippen molar-refractivity contribution in [2.75, 3.05) is 19.6 Å². The summed E-state index contributed by atoms with van der Waals surface area (Å²) in [5.41, 5.74) is -1.46. The molecule has 1 aromatic heterocycles. The first-order valence-corrected chi connectivity index (χ1v) is 10.4. The van der Waals surface area contributed by atoms with E-state index in [0.717, 1.165) is 29.6 Å². The molecule has 1 saturated carbocycles. The lowest BCUT2D eigenvalue weighted by Crippen LogP contribution is -2.45. The average Bonchev–Trinajstić information content (AvgIpc) is 3.29. The first-order chi connectivity index (χ1) is 13.5. The minimum atomic E-state index is -4.45. The largest absolute Gasteiger partial charge is 0.444 e. The first kappa shape index (κ1) is 26.7. The van der Waals surface area contributed by atoms with E-state index in [1.165, 1.54) is 0 Å². The van der Waals surface area contributed by atoms with Gasteiger partial charge in [-0.3, -0.25) is 0 Å². The highest BCUT2D eigenvalue weighted by Gasteiger charge is 2.35. The van der Waals surface area contributed by atoms with Gasteiger partial charge in [-0.15, -0.1) is 35.3 Å². The van der Waals surface area contributed by atoms with E-state index in [2.05, 4.69) is 20.6 Å². The molecule has 1 amide bonds. The number of amides is 1. The van der Waals surface area contributed by atoms with E-state index >= 15 is 0 Å². The van der Waals surface area contributed by atoms with Gasteiger partial charge in [0, 0.05) is 31.1 Å². The number of hydrogen-bond acceptors (Lipinski definition) is 5. The second-order valence-corrected chi connectivity index (χ2v) is 8.59. The van der Waals surface area contributed by atoms with Gasteiger partial charge in [-0.1, -0.05) is 0 Å². The maximum absolute atomic E-state index is 12.6. The van der Waals surface area contributed by atoms with Crippen molar-refractivity contribution < 1.29 is 22.7 Å². The lowest BCUT2D eigenvalue weighted by Gasteiger charge is -2.27. The molecule has 1 heterocycles. The van der Waals surface area contributed by atoms with Gasteiger partial charge < -0.3 is 20.3 Å². The molecule has 7 nitrogen and oxygen atoms in total. The normalized spacial score (nSPS) is 14.7. The van der Waals surface area contributed by atoms with Gasteiger partial charge in [0.15, 0.2) is 11.7 Å². The van der Waals surface area contributed by atoms with Crippen LogP contribution in [0.1, 0.15) is 51.2 Å². The zero-order valence-corrected chi connectivity index (χ0v) is 20.7. The lowest BCUT2D eigenvalue weighted by atomic mass is 10.2. The van der Waals surface area contributed by atoms with Crippen molar-refractivity contribution in [1.82, 2.24) is 20.5 Å². The van der Waals surface area contributed by atoms with Gasteiger partial charge >= 0.3 is 12.3 Å². The number of nitrogens with one attached hydrogen (secondary N) is 2. The van der Waals surface area contributed by atoms with E-state index in [-0.39, 0.29) is 47.7 Å². The average molecular weight is 563 g/mol. The Bertz CT molecular complexity index is 717. The number of thiazole rings is 1. The third kappa shape index (κ3) is 9.23. The molecule has 0 bridgehead atoms. The van der Waals surface area contributed by atoms with Crippen LogP contribution >= 0.6 is 35.3 Å². The van der Waals surface area contributed by atoms with Crippen molar-refractivity contribution in [3.05, 3.63) is 16.1 Å². The Hall–Kier alpha value is -1.31. The van der Waals surface area contributed by atoms with Crippen molar-refractivity contribution in [3.63, 3.8) is 0 Å². The maximum Gasteiger partial charge on any atom is 0.434 e. The summed E-state index contributed by atoms with van der Waals surface area (Å²) < 4.78 is 43.4. The molecule has 0 radical (unpaired) electrons. The number of aromatic nitrogens is 1. The molecule has 30 heavy (non-hydrogen) atoms. The summed E-state index contributed by atoms with van der Waals surface area (Å²) in [7, 11) is 0. The molecule has 0 atom stereocenters. The second-order valence-electron chi connectivity index (χ2n) is 7.65. The van der Waals surface area contributed by atoms with Crippen molar-refractivity contribution >= 4 is 47.4 Å².